The Hall–Kier alpha value is -2.21. The summed E-state index contributed by atoms with van der Waals surface area (Å²) >= 11 is 0. The standard InChI is InChI=1S/C13H14N2O4/c1-2-7-18-8-11-14-12(19-15-11)9-3-5-10(6-4-9)13(16)17/h3-6H,2,7-8H2,1H3,(H,16,17). The van der Waals surface area contributed by atoms with Crippen LogP contribution in [0.4, 0.5) is 0 Å². The number of carbonyl (C=O) groups is 1. The number of benzene rings is 1. The maximum absolute atomic E-state index is 10.7. The highest BCUT2D eigenvalue weighted by molar-refractivity contribution is 5.88. The molecule has 0 aliphatic heterocycles. The summed E-state index contributed by atoms with van der Waals surface area (Å²) in [6, 6.07) is 6.26. The van der Waals surface area contributed by atoms with E-state index in [9.17, 15) is 4.79 Å². The van der Waals surface area contributed by atoms with Gasteiger partial charge >= 0.3 is 5.97 Å². The first-order valence-electron chi connectivity index (χ1n) is 5.94. The molecule has 0 saturated heterocycles. The number of hydrogen-bond acceptors (Lipinski definition) is 5. The number of carboxylic acid groups (broad SMARTS) is 1. The van der Waals surface area contributed by atoms with Gasteiger partial charge in [0.1, 0.15) is 6.61 Å². The van der Waals surface area contributed by atoms with Gasteiger partial charge in [-0.2, -0.15) is 4.98 Å². The zero-order chi connectivity index (χ0) is 13.7. The van der Waals surface area contributed by atoms with Crippen molar-refractivity contribution in [2.45, 2.75) is 20.0 Å². The molecule has 0 unspecified atom stereocenters. The van der Waals surface area contributed by atoms with E-state index in [4.69, 9.17) is 14.4 Å². The third kappa shape index (κ3) is 3.38. The average Bonchev–Trinajstić information content (AvgIpc) is 2.88. The fourth-order valence-corrected chi connectivity index (χ4v) is 1.49. The van der Waals surface area contributed by atoms with Crippen molar-refractivity contribution in [3.05, 3.63) is 35.7 Å². The summed E-state index contributed by atoms with van der Waals surface area (Å²) < 4.78 is 10.4. The zero-order valence-electron chi connectivity index (χ0n) is 10.5. The van der Waals surface area contributed by atoms with E-state index >= 15 is 0 Å². The van der Waals surface area contributed by atoms with Crippen LogP contribution in [0.2, 0.25) is 0 Å². The third-order valence-corrected chi connectivity index (χ3v) is 2.43. The van der Waals surface area contributed by atoms with Gasteiger partial charge in [-0.25, -0.2) is 4.79 Å². The Morgan fingerprint density at radius 1 is 1.37 bits per heavy atom. The number of aromatic carboxylic acids is 1. The Labute approximate surface area is 110 Å². The molecule has 0 aliphatic rings. The van der Waals surface area contributed by atoms with Crippen LogP contribution in [0.1, 0.15) is 29.5 Å². The van der Waals surface area contributed by atoms with E-state index in [1.165, 1.54) is 12.1 Å². The molecule has 6 heteroatoms. The normalized spacial score (nSPS) is 10.6. The van der Waals surface area contributed by atoms with Gasteiger partial charge in [-0.05, 0) is 30.7 Å². The van der Waals surface area contributed by atoms with Gasteiger partial charge in [0, 0.05) is 12.2 Å². The average molecular weight is 262 g/mol. The molecule has 0 aliphatic carbocycles. The quantitative estimate of drug-likeness (QED) is 0.804. The molecular weight excluding hydrogens is 248 g/mol. The lowest BCUT2D eigenvalue weighted by atomic mass is 10.1. The first-order chi connectivity index (χ1) is 9.20. The Bertz CT molecular complexity index is 548. The van der Waals surface area contributed by atoms with Gasteiger partial charge in [-0.1, -0.05) is 12.1 Å². The molecule has 2 rings (SSSR count). The molecule has 2 aromatic rings. The van der Waals surface area contributed by atoms with Crippen LogP contribution < -0.4 is 0 Å². The molecule has 0 radical (unpaired) electrons. The predicted molar refractivity (Wildman–Crippen MR) is 66.6 cm³/mol. The van der Waals surface area contributed by atoms with E-state index < -0.39 is 5.97 Å². The summed E-state index contributed by atoms with van der Waals surface area (Å²) in [4.78, 5) is 14.9. The first-order valence-corrected chi connectivity index (χ1v) is 5.94. The first kappa shape index (κ1) is 13.2. The highest BCUT2D eigenvalue weighted by atomic mass is 16.5. The minimum Gasteiger partial charge on any atom is -0.478 e. The van der Waals surface area contributed by atoms with Crippen LogP contribution in [-0.2, 0) is 11.3 Å². The number of carboxylic acids is 1. The van der Waals surface area contributed by atoms with Crippen molar-refractivity contribution in [3.8, 4) is 11.5 Å². The summed E-state index contributed by atoms with van der Waals surface area (Å²) in [6.45, 7) is 2.98. The van der Waals surface area contributed by atoms with Crippen LogP contribution in [0.15, 0.2) is 28.8 Å². The fourth-order valence-electron chi connectivity index (χ4n) is 1.49. The monoisotopic (exact) mass is 262 g/mol. The Morgan fingerprint density at radius 3 is 2.74 bits per heavy atom. The number of nitrogens with zero attached hydrogens (tertiary/aromatic N) is 2. The summed E-state index contributed by atoms with van der Waals surface area (Å²) in [5.74, 6) is -0.136. The fraction of sp³-hybridized carbons (Fsp3) is 0.308. The number of aromatic nitrogens is 2. The minimum absolute atomic E-state index is 0.217. The van der Waals surface area contributed by atoms with Gasteiger partial charge in [0.2, 0.25) is 0 Å². The SMILES string of the molecule is CCCOCc1noc(-c2ccc(C(=O)O)cc2)n1. The van der Waals surface area contributed by atoms with E-state index in [2.05, 4.69) is 10.1 Å². The van der Waals surface area contributed by atoms with Crippen molar-refractivity contribution in [1.82, 2.24) is 10.1 Å². The Kier molecular flexibility index (Phi) is 4.25. The van der Waals surface area contributed by atoms with Gasteiger partial charge in [0.15, 0.2) is 5.82 Å². The molecule has 6 nitrogen and oxygen atoms in total. The molecule has 1 N–H and O–H groups in total. The second-order valence-electron chi connectivity index (χ2n) is 3.95. The topological polar surface area (TPSA) is 85.5 Å². The predicted octanol–water partition coefficient (Wildman–Crippen LogP) is 2.36. The zero-order valence-corrected chi connectivity index (χ0v) is 10.5. The van der Waals surface area contributed by atoms with Crippen molar-refractivity contribution < 1.29 is 19.2 Å². The molecule has 100 valence electrons. The van der Waals surface area contributed by atoms with Gasteiger partial charge < -0.3 is 14.4 Å². The number of hydrogen-bond donors (Lipinski definition) is 1. The van der Waals surface area contributed by atoms with E-state index in [0.29, 0.717) is 30.5 Å². The van der Waals surface area contributed by atoms with Gasteiger partial charge in [0.05, 0.1) is 5.56 Å². The summed E-state index contributed by atoms with van der Waals surface area (Å²) in [5.41, 5.74) is 0.897. The molecule has 0 amide bonds. The molecule has 19 heavy (non-hydrogen) atoms. The number of rotatable bonds is 6. The Morgan fingerprint density at radius 2 is 2.11 bits per heavy atom. The summed E-state index contributed by atoms with van der Waals surface area (Å²) in [6.07, 6.45) is 0.932. The molecule has 1 aromatic heterocycles. The lowest BCUT2D eigenvalue weighted by Crippen LogP contribution is -1.96. The van der Waals surface area contributed by atoms with Crippen molar-refractivity contribution in [3.63, 3.8) is 0 Å². The van der Waals surface area contributed by atoms with E-state index in [0.717, 1.165) is 6.42 Å². The van der Waals surface area contributed by atoms with Crippen molar-refractivity contribution in [1.29, 1.82) is 0 Å². The van der Waals surface area contributed by atoms with Crippen LogP contribution in [0.25, 0.3) is 11.5 Å². The highest BCUT2D eigenvalue weighted by Gasteiger charge is 2.10. The molecule has 0 atom stereocenters. The highest BCUT2D eigenvalue weighted by Crippen LogP contribution is 2.18. The Balaban J connectivity index is 2.07. The van der Waals surface area contributed by atoms with E-state index in [1.807, 2.05) is 6.92 Å². The van der Waals surface area contributed by atoms with Crippen molar-refractivity contribution >= 4 is 5.97 Å². The van der Waals surface area contributed by atoms with Crippen LogP contribution in [0.3, 0.4) is 0 Å². The van der Waals surface area contributed by atoms with Gasteiger partial charge in [0.25, 0.3) is 5.89 Å². The maximum atomic E-state index is 10.7. The lowest BCUT2D eigenvalue weighted by Gasteiger charge is -1.96. The molecule has 0 bridgehead atoms. The summed E-state index contributed by atoms with van der Waals surface area (Å²) in [7, 11) is 0. The minimum atomic E-state index is -0.967. The van der Waals surface area contributed by atoms with Crippen molar-refractivity contribution in [2.75, 3.05) is 6.61 Å². The number of ether oxygens (including phenoxy) is 1. The van der Waals surface area contributed by atoms with Crippen molar-refractivity contribution in [2.24, 2.45) is 0 Å². The summed E-state index contributed by atoms with van der Waals surface area (Å²) in [5, 5.41) is 12.6. The van der Waals surface area contributed by atoms with Gasteiger partial charge in [-0.3, -0.25) is 0 Å². The second-order valence-corrected chi connectivity index (χ2v) is 3.95. The largest absolute Gasteiger partial charge is 0.478 e. The molecular formula is C13H14N2O4. The van der Waals surface area contributed by atoms with E-state index in [1.54, 1.807) is 12.1 Å². The van der Waals surface area contributed by atoms with Gasteiger partial charge in [-0.15, -0.1) is 0 Å². The second kappa shape index (κ2) is 6.10. The molecule has 1 aromatic carbocycles. The van der Waals surface area contributed by atoms with Crippen LogP contribution in [-0.4, -0.2) is 27.8 Å². The molecule has 1 heterocycles. The maximum Gasteiger partial charge on any atom is 0.335 e. The lowest BCUT2D eigenvalue weighted by molar-refractivity contribution is 0.0697. The molecule has 0 fully saturated rings. The van der Waals surface area contributed by atoms with E-state index in [-0.39, 0.29) is 5.56 Å². The van der Waals surface area contributed by atoms with Crippen LogP contribution >= 0.6 is 0 Å². The third-order valence-electron chi connectivity index (χ3n) is 2.43. The molecule has 0 spiro atoms. The molecule has 0 saturated carbocycles. The smallest absolute Gasteiger partial charge is 0.335 e. The van der Waals surface area contributed by atoms with Crippen LogP contribution in [0.5, 0.6) is 0 Å². The van der Waals surface area contributed by atoms with Crippen LogP contribution in [0, 0.1) is 0 Å².